The van der Waals surface area contributed by atoms with Crippen LogP contribution in [0, 0.1) is 0 Å². The van der Waals surface area contributed by atoms with Crippen molar-refractivity contribution in [1.82, 2.24) is 10.6 Å². The van der Waals surface area contributed by atoms with Gasteiger partial charge in [0, 0.05) is 13.1 Å². The molecule has 3 nitrogen and oxygen atoms in total. The lowest BCUT2D eigenvalue weighted by Crippen LogP contribution is -2.41. The summed E-state index contributed by atoms with van der Waals surface area (Å²) in [5.41, 5.74) is 1.69. The molecule has 3 heteroatoms. The molecule has 0 radical (unpaired) electrons. The molecule has 1 aromatic carbocycles. The van der Waals surface area contributed by atoms with Crippen LogP contribution >= 0.6 is 0 Å². The predicted octanol–water partition coefficient (Wildman–Crippen LogP) is 0.636. The Hall–Kier alpha value is -1.57. The second-order valence-electron chi connectivity index (χ2n) is 3.24. The van der Waals surface area contributed by atoms with Crippen LogP contribution in [0.5, 0.6) is 0 Å². The highest BCUT2D eigenvalue weighted by molar-refractivity contribution is 5.55. The van der Waals surface area contributed by atoms with Gasteiger partial charge in [-0.3, -0.25) is 0 Å². The molecule has 1 fully saturated rings. The largest absolute Gasteiger partial charge is 0.377 e. The molecule has 1 heterocycles. The van der Waals surface area contributed by atoms with Crippen molar-refractivity contribution in [2.24, 2.45) is 0 Å². The topological polar surface area (TPSA) is 41.1 Å². The minimum absolute atomic E-state index is 0.0255. The van der Waals surface area contributed by atoms with Gasteiger partial charge < -0.3 is 10.6 Å². The first-order valence-electron chi connectivity index (χ1n) is 4.69. The van der Waals surface area contributed by atoms with Gasteiger partial charge in [-0.1, -0.05) is 30.3 Å². The number of nitrogens with one attached hydrogen (secondary N) is 2. The Morgan fingerprint density at radius 1 is 1.21 bits per heavy atom. The fraction of sp³-hybridized carbons (Fsp3) is 0.273. The summed E-state index contributed by atoms with van der Waals surface area (Å²) in [6, 6.07) is 9.87. The van der Waals surface area contributed by atoms with Crippen LogP contribution < -0.4 is 10.6 Å². The van der Waals surface area contributed by atoms with E-state index < -0.39 is 0 Å². The maximum absolute atomic E-state index is 10.7. The number of rotatable bonds is 1. The Balaban J connectivity index is 2.28. The fourth-order valence-electron chi connectivity index (χ4n) is 1.64. The van der Waals surface area contributed by atoms with E-state index in [1.165, 1.54) is 0 Å². The van der Waals surface area contributed by atoms with Crippen molar-refractivity contribution in [3.05, 3.63) is 41.6 Å². The van der Waals surface area contributed by atoms with Crippen molar-refractivity contribution in [3.8, 4) is 0 Å². The van der Waals surface area contributed by atoms with Crippen molar-refractivity contribution in [1.29, 1.82) is 0 Å². The van der Waals surface area contributed by atoms with Crippen LogP contribution in [-0.2, 0) is 4.79 Å². The maximum Gasteiger partial charge on any atom is 0.147 e. The van der Waals surface area contributed by atoms with E-state index in [2.05, 4.69) is 10.6 Å². The van der Waals surface area contributed by atoms with Gasteiger partial charge in [-0.25, -0.2) is 4.79 Å². The zero-order chi connectivity index (χ0) is 9.80. The summed E-state index contributed by atoms with van der Waals surface area (Å²) in [5, 5.41) is 6.32. The molecule has 2 rings (SSSR count). The lowest BCUT2D eigenvalue weighted by molar-refractivity contribution is 0.489. The van der Waals surface area contributed by atoms with Gasteiger partial charge in [0.15, 0.2) is 0 Å². The van der Waals surface area contributed by atoms with E-state index in [4.69, 9.17) is 0 Å². The van der Waals surface area contributed by atoms with E-state index in [1.54, 1.807) is 0 Å². The van der Waals surface area contributed by atoms with Crippen LogP contribution in [0.4, 0.5) is 0 Å². The lowest BCUT2D eigenvalue weighted by atomic mass is 10.0. The number of benzene rings is 1. The number of piperazine rings is 1. The molecule has 0 amide bonds. The van der Waals surface area contributed by atoms with E-state index >= 15 is 0 Å². The molecule has 0 aromatic heterocycles. The molecule has 0 bridgehead atoms. The van der Waals surface area contributed by atoms with Crippen LogP contribution in [0.15, 0.2) is 36.0 Å². The van der Waals surface area contributed by atoms with Crippen molar-refractivity contribution in [2.45, 2.75) is 6.04 Å². The van der Waals surface area contributed by atoms with E-state index in [0.29, 0.717) is 5.70 Å². The van der Waals surface area contributed by atoms with Crippen LogP contribution in [0.1, 0.15) is 11.6 Å². The molecule has 0 aliphatic carbocycles. The molecule has 2 N–H and O–H groups in total. The molecule has 0 saturated carbocycles. The quantitative estimate of drug-likeness (QED) is 0.635. The third kappa shape index (κ3) is 1.69. The standard InChI is InChI=1S/C11H12N2O/c14-8-10-11(13-7-6-12-10)9-4-2-1-3-5-9/h1-5,11-13H,6-7H2. The summed E-state index contributed by atoms with van der Waals surface area (Å²) in [4.78, 5) is 10.7. The summed E-state index contributed by atoms with van der Waals surface area (Å²) < 4.78 is 0. The average molecular weight is 188 g/mol. The summed E-state index contributed by atoms with van der Waals surface area (Å²) in [5.74, 6) is 1.95. The molecule has 1 aliphatic heterocycles. The number of hydrogen-bond acceptors (Lipinski definition) is 3. The van der Waals surface area contributed by atoms with E-state index in [0.717, 1.165) is 18.7 Å². The van der Waals surface area contributed by atoms with Crippen LogP contribution in [0.25, 0.3) is 0 Å². The molecule has 14 heavy (non-hydrogen) atoms. The van der Waals surface area contributed by atoms with Gasteiger partial charge in [-0.05, 0) is 5.56 Å². The van der Waals surface area contributed by atoms with Gasteiger partial charge in [0.05, 0.1) is 6.04 Å². The predicted molar refractivity (Wildman–Crippen MR) is 54.4 cm³/mol. The molecular formula is C11H12N2O. The first-order chi connectivity index (χ1) is 6.92. The SMILES string of the molecule is O=C=C1NCCNC1c1ccccc1. The Kier molecular flexibility index (Phi) is 2.63. The maximum atomic E-state index is 10.7. The van der Waals surface area contributed by atoms with E-state index in [1.807, 2.05) is 36.3 Å². The zero-order valence-corrected chi connectivity index (χ0v) is 7.79. The molecule has 0 spiro atoms. The van der Waals surface area contributed by atoms with Crippen molar-refractivity contribution in [2.75, 3.05) is 13.1 Å². The van der Waals surface area contributed by atoms with Gasteiger partial charge in [0.25, 0.3) is 0 Å². The molecule has 72 valence electrons. The van der Waals surface area contributed by atoms with Gasteiger partial charge >= 0.3 is 0 Å². The smallest absolute Gasteiger partial charge is 0.147 e. The molecule has 1 aromatic rings. The Bertz CT molecular complexity index is 355. The average Bonchev–Trinajstić information content (AvgIpc) is 2.30. The zero-order valence-electron chi connectivity index (χ0n) is 7.79. The summed E-state index contributed by atoms with van der Waals surface area (Å²) in [7, 11) is 0. The third-order valence-corrected chi connectivity index (χ3v) is 2.32. The van der Waals surface area contributed by atoms with Crippen molar-refractivity contribution in [3.63, 3.8) is 0 Å². The number of hydrogen-bond donors (Lipinski definition) is 2. The minimum Gasteiger partial charge on any atom is -0.377 e. The highest BCUT2D eigenvalue weighted by atomic mass is 16.1. The van der Waals surface area contributed by atoms with E-state index in [-0.39, 0.29) is 6.04 Å². The second-order valence-corrected chi connectivity index (χ2v) is 3.24. The first kappa shape index (κ1) is 9.00. The Labute approximate surface area is 82.8 Å². The Morgan fingerprint density at radius 2 is 2.00 bits per heavy atom. The summed E-state index contributed by atoms with van der Waals surface area (Å²) in [6.07, 6.45) is 0. The monoisotopic (exact) mass is 188 g/mol. The normalized spacial score (nSPS) is 21.1. The van der Waals surface area contributed by atoms with Crippen LogP contribution in [-0.4, -0.2) is 19.0 Å². The van der Waals surface area contributed by atoms with Crippen molar-refractivity contribution >= 4 is 5.94 Å². The minimum atomic E-state index is -0.0255. The first-order valence-corrected chi connectivity index (χ1v) is 4.69. The van der Waals surface area contributed by atoms with Gasteiger partial charge in [-0.15, -0.1) is 0 Å². The highest BCUT2D eigenvalue weighted by Crippen LogP contribution is 2.19. The molecule has 1 atom stereocenters. The summed E-state index contributed by atoms with van der Waals surface area (Å²) in [6.45, 7) is 1.65. The number of carbonyl (C=O) groups excluding carboxylic acids is 1. The summed E-state index contributed by atoms with van der Waals surface area (Å²) >= 11 is 0. The van der Waals surface area contributed by atoms with Gasteiger partial charge in [-0.2, -0.15) is 0 Å². The Morgan fingerprint density at radius 3 is 2.71 bits per heavy atom. The second kappa shape index (κ2) is 4.09. The lowest BCUT2D eigenvalue weighted by Gasteiger charge is -2.25. The van der Waals surface area contributed by atoms with Gasteiger partial charge in [0.1, 0.15) is 11.6 Å². The van der Waals surface area contributed by atoms with Crippen LogP contribution in [0.3, 0.4) is 0 Å². The van der Waals surface area contributed by atoms with Gasteiger partial charge in [0.2, 0.25) is 0 Å². The third-order valence-electron chi connectivity index (χ3n) is 2.32. The van der Waals surface area contributed by atoms with Crippen LogP contribution in [0.2, 0.25) is 0 Å². The molecule has 1 unspecified atom stereocenters. The highest BCUT2D eigenvalue weighted by Gasteiger charge is 2.20. The molecule has 1 saturated heterocycles. The molecule has 1 aliphatic rings. The van der Waals surface area contributed by atoms with Crippen molar-refractivity contribution < 1.29 is 4.79 Å². The van der Waals surface area contributed by atoms with E-state index in [9.17, 15) is 4.79 Å². The molecular weight excluding hydrogens is 176 g/mol. The fourth-order valence-corrected chi connectivity index (χ4v) is 1.64.